The molecule has 0 radical (unpaired) electrons. The van der Waals surface area contributed by atoms with Gasteiger partial charge in [0.15, 0.2) is 0 Å². The van der Waals surface area contributed by atoms with Gasteiger partial charge >= 0.3 is 0 Å². The molecule has 4 aromatic rings. The second kappa shape index (κ2) is 6.36. The number of hydrogen-bond donors (Lipinski definition) is 0. The van der Waals surface area contributed by atoms with Gasteiger partial charge in [-0.05, 0) is 46.5 Å². The monoisotopic (exact) mass is 325 g/mol. The zero-order valence-corrected chi connectivity index (χ0v) is 14.3. The standard InChI is InChI=1S/C22H19N3/c1-25(2)18-13-11-17(12-14-18)23-24-22-9-5-8-20-19-7-4-3-6-16(19)10-15-21(20)22/h3-15H,1-2H3. The third kappa shape index (κ3) is 2.96. The molecule has 4 rings (SSSR count). The third-order valence-electron chi connectivity index (χ3n) is 4.40. The lowest BCUT2D eigenvalue weighted by atomic mass is 10.0. The van der Waals surface area contributed by atoms with E-state index < -0.39 is 0 Å². The minimum atomic E-state index is 0.850. The number of nitrogens with zero attached hydrogens (tertiary/aromatic N) is 3. The van der Waals surface area contributed by atoms with Crippen LogP contribution in [0.3, 0.4) is 0 Å². The van der Waals surface area contributed by atoms with Crippen LogP contribution in [0.25, 0.3) is 21.5 Å². The Morgan fingerprint density at radius 2 is 1.36 bits per heavy atom. The quantitative estimate of drug-likeness (QED) is 0.313. The molecule has 0 aromatic heterocycles. The fourth-order valence-electron chi connectivity index (χ4n) is 3.04. The van der Waals surface area contributed by atoms with E-state index in [9.17, 15) is 0 Å². The highest BCUT2D eigenvalue weighted by Gasteiger charge is 2.04. The molecule has 0 aliphatic heterocycles. The van der Waals surface area contributed by atoms with E-state index in [2.05, 4.69) is 57.6 Å². The summed E-state index contributed by atoms with van der Waals surface area (Å²) in [6.45, 7) is 0. The molecular weight excluding hydrogens is 306 g/mol. The van der Waals surface area contributed by atoms with Crippen molar-refractivity contribution in [2.45, 2.75) is 0 Å². The summed E-state index contributed by atoms with van der Waals surface area (Å²) >= 11 is 0. The van der Waals surface area contributed by atoms with E-state index in [1.807, 2.05) is 50.5 Å². The first-order valence-corrected chi connectivity index (χ1v) is 8.32. The van der Waals surface area contributed by atoms with Gasteiger partial charge in [0.1, 0.15) is 0 Å². The van der Waals surface area contributed by atoms with E-state index in [0.29, 0.717) is 0 Å². The van der Waals surface area contributed by atoms with Gasteiger partial charge in [-0.15, -0.1) is 5.11 Å². The van der Waals surface area contributed by atoms with Crippen molar-refractivity contribution in [2.24, 2.45) is 10.2 Å². The number of hydrogen-bond acceptors (Lipinski definition) is 3. The van der Waals surface area contributed by atoms with E-state index in [-0.39, 0.29) is 0 Å². The Hall–Kier alpha value is -3.20. The van der Waals surface area contributed by atoms with Crippen molar-refractivity contribution in [3.63, 3.8) is 0 Å². The minimum Gasteiger partial charge on any atom is -0.378 e. The molecule has 0 heterocycles. The van der Waals surface area contributed by atoms with Gasteiger partial charge in [-0.3, -0.25) is 0 Å². The fourth-order valence-corrected chi connectivity index (χ4v) is 3.04. The zero-order valence-electron chi connectivity index (χ0n) is 14.3. The molecule has 0 saturated carbocycles. The molecule has 0 aliphatic carbocycles. The predicted octanol–water partition coefficient (Wildman–Crippen LogP) is 6.47. The van der Waals surface area contributed by atoms with Crippen molar-refractivity contribution in [1.29, 1.82) is 0 Å². The summed E-state index contributed by atoms with van der Waals surface area (Å²) < 4.78 is 0. The average Bonchev–Trinajstić information content (AvgIpc) is 2.66. The first-order chi connectivity index (χ1) is 12.2. The van der Waals surface area contributed by atoms with Crippen LogP contribution in [0, 0.1) is 0 Å². The molecule has 3 heteroatoms. The number of rotatable bonds is 3. The van der Waals surface area contributed by atoms with Crippen molar-refractivity contribution in [3.8, 4) is 0 Å². The number of azo groups is 1. The van der Waals surface area contributed by atoms with Crippen LogP contribution in [0.15, 0.2) is 89.1 Å². The maximum Gasteiger partial charge on any atom is 0.0935 e. The Balaban J connectivity index is 1.75. The highest BCUT2D eigenvalue weighted by atomic mass is 15.1. The van der Waals surface area contributed by atoms with Crippen molar-refractivity contribution in [3.05, 3.63) is 78.9 Å². The Morgan fingerprint density at radius 3 is 2.16 bits per heavy atom. The Morgan fingerprint density at radius 1 is 0.600 bits per heavy atom. The Bertz CT molecular complexity index is 1060. The molecule has 0 fully saturated rings. The van der Waals surface area contributed by atoms with Gasteiger partial charge in [0, 0.05) is 25.2 Å². The molecule has 0 saturated heterocycles. The number of benzene rings is 4. The first-order valence-electron chi connectivity index (χ1n) is 8.32. The highest BCUT2D eigenvalue weighted by molar-refractivity contribution is 6.10. The zero-order chi connectivity index (χ0) is 17.2. The van der Waals surface area contributed by atoms with Crippen molar-refractivity contribution in [1.82, 2.24) is 0 Å². The van der Waals surface area contributed by atoms with Crippen LogP contribution in [-0.2, 0) is 0 Å². The normalized spacial score (nSPS) is 11.4. The van der Waals surface area contributed by atoms with Crippen LogP contribution in [0.1, 0.15) is 0 Å². The maximum atomic E-state index is 4.50. The maximum absolute atomic E-state index is 4.50. The van der Waals surface area contributed by atoms with E-state index in [1.54, 1.807) is 0 Å². The molecule has 0 aliphatic rings. The molecular formula is C22H19N3. The van der Waals surface area contributed by atoms with Crippen LogP contribution in [0.2, 0.25) is 0 Å². The molecule has 0 atom stereocenters. The van der Waals surface area contributed by atoms with Gasteiger partial charge in [0.2, 0.25) is 0 Å². The van der Waals surface area contributed by atoms with Gasteiger partial charge in [-0.25, -0.2) is 0 Å². The lowest BCUT2D eigenvalue weighted by Crippen LogP contribution is -2.07. The van der Waals surface area contributed by atoms with Gasteiger partial charge < -0.3 is 4.90 Å². The first kappa shape index (κ1) is 15.3. The lowest BCUT2D eigenvalue weighted by Gasteiger charge is -2.11. The highest BCUT2D eigenvalue weighted by Crippen LogP contribution is 2.32. The lowest BCUT2D eigenvalue weighted by molar-refractivity contribution is 1.13. The van der Waals surface area contributed by atoms with E-state index >= 15 is 0 Å². The van der Waals surface area contributed by atoms with Crippen molar-refractivity contribution in [2.75, 3.05) is 19.0 Å². The summed E-state index contributed by atoms with van der Waals surface area (Å²) in [4.78, 5) is 2.07. The topological polar surface area (TPSA) is 28.0 Å². The predicted molar refractivity (Wildman–Crippen MR) is 106 cm³/mol. The molecule has 0 unspecified atom stereocenters. The summed E-state index contributed by atoms with van der Waals surface area (Å²) in [5, 5.41) is 13.7. The molecule has 0 N–H and O–H groups in total. The molecule has 122 valence electrons. The third-order valence-corrected chi connectivity index (χ3v) is 4.40. The Kier molecular flexibility index (Phi) is 3.90. The van der Waals surface area contributed by atoms with E-state index in [1.165, 1.54) is 16.2 Å². The van der Waals surface area contributed by atoms with Crippen LogP contribution >= 0.6 is 0 Å². The van der Waals surface area contributed by atoms with Crippen molar-refractivity contribution < 1.29 is 0 Å². The smallest absolute Gasteiger partial charge is 0.0935 e. The molecule has 0 amide bonds. The number of fused-ring (bicyclic) bond motifs is 3. The van der Waals surface area contributed by atoms with Crippen LogP contribution in [0.5, 0.6) is 0 Å². The summed E-state index contributed by atoms with van der Waals surface area (Å²) in [6.07, 6.45) is 0. The second-order valence-corrected chi connectivity index (χ2v) is 6.27. The molecule has 3 nitrogen and oxygen atoms in total. The van der Waals surface area contributed by atoms with Crippen LogP contribution in [0.4, 0.5) is 17.1 Å². The summed E-state index contributed by atoms with van der Waals surface area (Å²) in [5.41, 5.74) is 2.89. The SMILES string of the molecule is CN(C)c1ccc(N=Nc2cccc3c2ccc2ccccc23)cc1. The summed E-state index contributed by atoms with van der Waals surface area (Å²) in [5.74, 6) is 0. The van der Waals surface area contributed by atoms with E-state index in [4.69, 9.17) is 0 Å². The minimum absolute atomic E-state index is 0.850. The average molecular weight is 325 g/mol. The largest absolute Gasteiger partial charge is 0.378 e. The van der Waals surface area contributed by atoms with Crippen LogP contribution < -0.4 is 4.90 Å². The van der Waals surface area contributed by atoms with Gasteiger partial charge in [-0.1, -0.05) is 48.5 Å². The number of anilines is 1. The van der Waals surface area contributed by atoms with Crippen LogP contribution in [-0.4, -0.2) is 14.1 Å². The summed E-state index contributed by atoms with van der Waals surface area (Å²) in [6, 6.07) is 26.9. The van der Waals surface area contributed by atoms with Crippen molar-refractivity contribution >= 4 is 38.6 Å². The Labute approximate surface area is 147 Å². The molecule has 25 heavy (non-hydrogen) atoms. The summed E-state index contributed by atoms with van der Waals surface area (Å²) in [7, 11) is 4.05. The molecule has 0 bridgehead atoms. The fraction of sp³-hybridized carbons (Fsp3) is 0.0909. The van der Waals surface area contributed by atoms with Gasteiger partial charge in [-0.2, -0.15) is 5.11 Å². The van der Waals surface area contributed by atoms with Gasteiger partial charge in [0.25, 0.3) is 0 Å². The molecule has 0 spiro atoms. The molecule has 4 aromatic carbocycles. The second-order valence-electron chi connectivity index (χ2n) is 6.27. The van der Waals surface area contributed by atoms with Gasteiger partial charge in [0.05, 0.1) is 11.4 Å². The van der Waals surface area contributed by atoms with E-state index in [0.717, 1.165) is 22.4 Å².